The van der Waals surface area contributed by atoms with E-state index < -0.39 is 0 Å². The van der Waals surface area contributed by atoms with Gasteiger partial charge >= 0.3 is 0 Å². The number of amides is 1. The van der Waals surface area contributed by atoms with Gasteiger partial charge in [-0.25, -0.2) is 0 Å². The SMILES string of the molecule is CCc1cccc(N2CC(c3nc(-c4ccc5c(c4)OCO5)no3)CC2=O)c1. The lowest BCUT2D eigenvalue weighted by atomic mass is 10.1. The maximum atomic E-state index is 12.6. The van der Waals surface area contributed by atoms with Crippen molar-refractivity contribution in [2.75, 3.05) is 18.2 Å². The van der Waals surface area contributed by atoms with Gasteiger partial charge in [0.2, 0.25) is 24.4 Å². The van der Waals surface area contributed by atoms with Crippen molar-refractivity contribution in [3.63, 3.8) is 0 Å². The Kier molecular flexibility index (Phi) is 4.00. The zero-order chi connectivity index (χ0) is 19.1. The average molecular weight is 377 g/mol. The average Bonchev–Trinajstić information content (AvgIpc) is 3.46. The Morgan fingerprint density at radius 3 is 2.93 bits per heavy atom. The van der Waals surface area contributed by atoms with Crippen molar-refractivity contribution in [1.29, 1.82) is 0 Å². The summed E-state index contributed by atoms with van der Waals surface area (Å²) in [5.74, 6) is 2.29. The molecule has 1 fully saturated rings. The number of aryl methyl sites for hydroxylation is 1. The molecule has 1 amide bonds. The Balaban J connectivity index is 1.37. The highest BCUT2D eigenvalue weighted by atomic mass is 16.7. The van der Waals surface area contributed by atoms with Crippen LogP contribution in [0.15, 0.2) is 47.0 Å². The largest absolute Gasteiger partial charge is 0.454 e. The highest BCUT2D eigenvalue weighted by Crippen LogP contribution is 2.36. The van der Waals surface area contributed by atoms with Crippen molar-refractivity contribution in [1.82, 2.24) is 10.1 Å². The third-order valence-electron chi connectivity index (χ3n) is 5.18. The maximum absolute atomic E-state index is 12.6. The quantitative estimate of drug-likeness (QED) is 0.692. The minimum Gasteiger partial charge on any atom is -0.454 e. The molecular formula is C21H19N3O4. The highest BCUT2D eigenvalue weighted by Gasteiger charge is 2.35. The van der Waals surface area contributed by atoms with Gasteiger partial charge < -0.3 is 18.9 Å². The molecule has 1 saturated heterocycles. The molecule has 28 heavy (non-hydrogen) atoms. The summed E-state index contributed by atoms with van der Waals surface area (Å²) < 4.78 is 16.2. The lowest BCUT2D eigenvalue weighted by molar-refractivity contribution is -0.117. The molecule has 2 aromatic carbocycles. The third-order valence-corrected chi connectivity index (χ3v) is 5.18. The van der Waals surface area contributed by atoms with E-state index in [1.165, 1.54) is 5.56 Å². The van der Waals surface area contributed by atoms with Crippen LogP contribution in [-0.4, -0.2) is 29.4 Å². The van der Waals surface area contributed by atoms with E-state index in [1.807, 2.05) is 30.3 Å². The van der Waals surface area contributed by atoms with Crippen LogP contribution >= 0.6 is 0 Å². The summed E-state index contributed by atoms with van der Waals surface area (Å²) >= 11 is 0. The number of fused-ring (bicyclic) bond motifs is 1. The van der Waals surface area contributed by atoms with Gasteiger partial charge in [0.1, 0.15) is 0 Å². The number of benzene rings is 2. The minimum absolute atomic E-state index is 0.0704. The van der Waals surface area contributed by atoms with Crippen LogP contribution in [0.3, 0.4) is 0 Å². The number of aromatic nitrogens is 2. The number of ether oxygens (including phenoxy) is 2. The summed E-state index contributed by atoms with van der Waals surface area (Å²) in [6, 6.07) is 13.6. The fourth-order valence-electron chi connectivity index (χ4n) is 3.62. The third kappa shape index (κ3) is 2.89. The van der Waals surface area contributed by atoms with Crippen LogP contribution in [0.4, 0.5) is 5.69 Å². The van der Waals surface area contributed by atoms with Crippen LogP contribution < -0.4 is 14.4 Å². The second kappa shape index (κ2) is 6.67. The molecule has 1 aromatic heterocycles. The summed E-state index contributed by atoms with van der Waals surface area (Å²) in [6.07, 6.45) is 1.29. The van der Waals surface area contributed by atoms with Gasteiger partial charge in [-0.15, -0.1) is 0 Å². The van der Waals surface area contributed by atoms with Gasteiger partial charge in [-0.2, -0.15) is 4.98 Å². The van der Waals surface area contributed by atoms with Crippen molar-refractivity contribution in [3.05, 3.63) is 53.9 Å². The van der Waals surface area contributed by atoms with E-state index in [2.05, 4.69) is 29.2 Å². The summed E-state index contributed by atoms with van der Waals surface area (Å²) in [7, 11) is 0. The van der Waals surface area contributed by atoms with Crippen molar-refractivity contribution in [3.8, 4) is 22.9 Å². The van der Waals surface area contributed by atoms with Crippen molar-refractivity contribution >= 4 is 11.6 Å². The Morgan fingerprint density at radius 2 is 2.04 bits per heavy atom. The zero-order valence-electron chi connectivity index (χ0n) is 15.4. The first-order valence-electron chi connectivity index (χ1n) is 9.34. The van der Waals surface area contributed by atoms with E-state index >= 15 is 0 Å². The van der Waals surface area contributed by atoms with Gasteiger partial charge in [-0.1, -0.05) is 24.2 Å². The predicted octanol–water partition coefficient (Wildman–Crippen LogP) is 3.55. The number of anilines is 1. The molecule has 0 spiro atoms. The molecule has 0 saturated carbocycles. The van der Waals surface area contributed by atoms with E-state index in [-0.39, 0.29) is 18.6 Å². The normalized spacial score (nSPS) is 18.1. The molecule has 3 aromatic rings. The molecule has 1 atom stereocenters. The molecule has 142 valence electrons. The van der Waals surface area contributed by atoms with Gasteiger partial charge in [-0.05, 0) is 42.3 Å². The van der Waals surface area contributed by atoms with Crippen LogP contribution in [0.1, 0.15) is 30.7 Å². The van der Waals surface area contributed by atoms with Crippen LogP contribution in [0.25, 0.3) is 11.4 Å². The van der Waals surface area contributed by atoms with E-state index in [9.17, 15) is 4.79 Å². The first kappa shape index (κ1) is 16.8. The van der Waals surface area contributed by atoms with Crippen molar-refractivity contribution in [2.45, 2.75) is 25.7 Å². The summed E-state index contributed by atoms with van der Waals surface area (Å²) in [4.78, 5) is 18.9. The van der Waals surface area contributed by atoms with Gasteiger partial charge in [0, 0.05) is 24.2 Å². The highest BCUT2D eigenvalue weighted by molar-refractivity contribution is 5.96. The van der Waals surface area contributed by atoms with Crippen molar-refractivity contribution < 1.29 is 18.8 Å². The minimum atomic E-state index is -0.118. The Bertz CT molecular complexity index is 1050. The number of hydrogen-bond acceptors (Lipinski definition) is 6. The number of carbonyl (C=O) groups is 1. The molecule has 1 unspecified atom stereocenters. The molecule has 7 heteroatoms. The number of rotatable bonds is 4. The maximum Gasteiger partial charge on any atom is 0.232 e. The number of carbonyl (C=O) groups excluding carboxylic acids is 1. The standard InChI is InChI=1S/C21H19N3O4/c1-2-13-4-3-5-16(8-13)24-11-15(10-19(24)25)21-22-20(23-28-21)14-6-7-17-18(9-14)27-12-26-17/h3-9,15H,2,10-12H2,1H3. The lowest BCUT2D eigenvalue weighted by Gasteiger charge is -2.16. The summed E-state index contributed by atoms with van der Waals surface area (Å²) in [6.45, 7) is 2.86. The zero-order valence-corrected chi connectivity index (χ0v) is 15.4. The van der Waals surface area contributed by atoms with E-state index in [0.717, 1.165) is 17.7 Å². The molecule has 0 bridgehead atoms. The number of nitrogens with zero attached hydrogens (tertiary/aromatic N) is 3. The molecule has 0 radical (unpaired) electrons. The molecule has 3 heterocycles. The van der Waals surface area contributed by atoms with Crippen LogP contribution in [0, 0.1) is 0 Å². The molecular weight excluding hydrogens is 358 g/mol. The fraction of sp³-hybridized carbons (Fsp3) is 0.286. The van der Waals surface area contributed by atoms with E-state index in [4.69, 9.17) is 14.0 Å². The topological polar surface area (TPSA) is 77.7 Å². The monoisotopic (exact) mass is 377 g/mol. The second-order valence-electron chi connectivity index (χ2n) is 6.95. The molecule has 2 aliphatic heterocycles. The Labute approximate surface area is 161 Å². The molecule has 2 aliphatic rings. The van der Waals surface area contributed by atoms with Gasteiger partial charge in [-0.3, -0.25) is 4.79 Å². The molecule has 0 N–H and O–H groups in total. The first-order valence-corrected chi connectivity index (χ1v) is 9.34. The van der Waals surface area contributed by atoms with Crippen LogP contribution in [0.2, 0.25) is 0 Å². The summed E-state index contributed by atoms with van der Waals surface area (Å²) in [5, 5.41) is 4.09. The second-order valence-corrected chi connectivity index (χ2v) is 6.95. The van der Waals surface area contributed by atoms with Crippen LogP contribution in [0.5, 0.6) is 11.5 Å². The van der Waals surface area contributed by atoms with E-state index in [1.54, 1.807) is 4.90 Å². The Hall–Kier alpha value is -3.35. The predicted molar refractivity (Wildman–Crippen MR) is 101 cm³/mol. The molecule has 7 nitrogen and oxygen atoms in total. The summed E-state index contributed by atoms with van der Waals surface area (Å²) in [5.41, 5.74) is 2.91. The van der Waals surface area contributed by atoms with Gasteiger partial charge in [0.25, 0.3) is 0 Å². The van der Waals surface area contributed by atoms with Gasteiger partial charge in [0.15, 0.2) is 11.5 Å². The van der Waals surface area contributed by atoms with E-state index in [0.29, 0.717) is 36.2 Å². The van der Waals surface area contributed by atoms with Crippen LogP contribution in [-0.2, 0) is 11.2 Å². The smallest absolute Gasteiger partial charge is 0.232 e. The van der Waals surface area contributed by atoms with Gasteiger partial charge in [0.05, 0.1) is 5.92 Å². The first-order chi connectivity index (χ1) is 13.7. The Morgan fingerprint density at radius 1 is 1.14 bits per heavy atom. The fourth-order valence-corrected chi connectivity index (χ4v) is 3.62. The number of hydrogen-bond donors (Lipinski definition) is 0. The molecule has 0 aliphatic carbocycles. The van der Waals surface area contributed by atoms with Crippen molar-refractivity contribution in [2.24, 2.45) is 0 Å². The lowest BCUT2D eigenvalue weighted by Crippen LogP contribution is -2.24. The molecule has 5 rings (SSSR count).